The number of carbonyl (C=O) groups excluding carboxylic acids is 2. The molecule has 1 amide bonds. The molecule has 0 aromatic carbocycles. The average molecular weight is 219 g/mol. The molecular formula is C9H17NO5. The summed E-state index contributed by atoms with van der Waals surface area (Å²) in [5.74, 6) is -0.723. The van der Waals surface area contributed by atoms with Crippen molar-refractivity contribution < 1.29 is 23.8 Å². The monoisotopic (exact) mass is 219 g/mol. The fourth-order valence-electron chi connectivity index (χ4n) is 0.758. The lowest BCUT2D eigenvalue weighted by Crippen LogP contribution is -2.35. The highest BCUT2D eigenvalue weighted by Gasteiger charge is 2.12. The Morgan fingerprint density at radius 2 is 1.87 bits per heavy atom. The highest BCUT2D eigenvalue weighted by Crippen LogP contribution is 1.88. The molecule has 6 heteroatoms. The first-order chi connectivity index (χ1) is 7.11. The van der Waals surface area contributed by atoms with Gasteiger partial charge in [0.1, 0.15) is 13.2 Å². The summed E-state index contributed by atoms with van der Waals surface area (Å²) in [6.45, 7) is 0.669. The van der Waals surface area contributed by atoms with E-state index in [1.54, 1.807) is 7.11 Å². The molecule has 15 heavy (non-hydrogen) atoms. The van der Waals surface area contributed by atoms with Gasteiger partial charge in [0, 0.05) is 14.2 Å². The molecule has 0 aliphatic carbocycles. The number of likely N-dealkylation sites (N-methyl/N-ethyl adjacent to an activating group) is 1. The molecule has 0 heterocycles. The minimum Gasteiger partial charge on any atom is -0.468 e. The molecule has 0 rings (SSSR count). The highest BCUT2D eigenvalue weighted by molar-refractivity contribution is 5.82. The van der Waals surface area contributed by atoms with Crippen molar-refractivity contribution in [3.05, 3.63) is 0 Å². The number of amides is 1. The number of rotatable bonds is 7. The zero-order chi connectivity index (χ0) is 11.7. The van der Waals surface area contributed by atoms with Gasteiger partial charge >= 0.3 is 5.97 Å². The number of carbonyl (C=O) groups is 2. The van der Waals surface area contributed by atoms with Gasteiger partial charge in [-0.15, -0.1) is 0 Å². The molecule has 0 aromatic heterocycles. The number of nitrogens with zero attached hydrogens (tertiary/aromatic N) is 1. The molecule has 0 spiro atoms. The van der Waals surface area contributed by atoms with Gasteiger partial charge < -0.3 is 19.1 Å². The van der Waals surface area contributed by atoms with E-state index in [9.17, 15) is 9.59 Å². The van der Waals surface area contributed by atoms with Crippen LogP contribution in [0, 0.1) is 0 Å². The largest absolute Gasteiger partial charge is 0.468 e. The first-order valence-corrected chi connectivity index (χ1v) is 4.49. The van der Waals surface area contributed by atoms with Crippen LogP contribution >= 0.6 is 0 Å². The van der Waals surface area contributed by atoms with Gasteiger partial charge in [0.15, 0.2) is 0 Å². The molecule has 0 fully saturated rings. The van der Waals surface area contributed by atoms with Crippen LogP contribution in [-0.2, 0) is 23.8 Å². The van der Waals surface area contributed by atoms with E-state index in [4.69, 9.17) is 9.47 Å². The Hall–Kier alpha value is -1.14. The Bertz CT molecular complexity index is 207. The number of hydrogen-bond donors (Lipinski definition) is 0. The van der Waals surface area contributed by atoms with Crippen LogP contribution in [-0.4, -0.2) is 64.4 Å². The number of methoxy groups -OCH3 is 2. The second-order valence-electron chi connectivity index (χ2n) is 2.87. The van der Waals surface area contributed by atoms with Gasteiger partial charge in [-0.1, -0.05) is 0 Å². The number of esters is 1. The van der Waals surface area contributed by atoms with E-state index in [0.29, 0.717) is 13.2 Å². The lowest BCUT2D eigenvalue weighted by molar-refractivity contribution is -0.147. The fraction of sp³-hybridized carbons (Fsp3) is 0.778. The van der Waals surface area contributed by atoms with Crippen molar-refractivity contribution in [2.75, 3.05) is 47.6 Å². The topological polar surface area (TPSA) is 65.1 Å². The van der Waals surface area contributed by atoms with Gasteiger partial charge in [-0.25, -0.2) is 0 Å². The molecule has 0 aliphatic heterocycles. The summed E-state index contributed by atoms with van der Waals surface area (Å²) in [5, 5.41) is 0. The van der Waals surface area contributed by atoms with Crippen molar-refractivity contribution in [3.8, 4) is 0 Å². The molecule has 88 valence electrons. The van der Waals surface area contributed by atoms with Crippen molar-refractivity contribution in [2.24, 2.45) is 0 Å². The first-order valence-electron chi connectivity index (χ1n) is 4.49. The zero-order valence-electron chi connectivity index (χ0n) is 9.32. The van der Waals surface area contributed by atoms with Crippen molar-refractivity contribution in [1.29, 1.82) is 0 Å². The maximum atomic E-state index is 11.3. The second kappa shape index (κ2) is 8.19. The van der Waals surface area contributed by atoms with Crippen LogP contribution in [0.3, 0.4) is 0 Å². The van der Waals surface area contributed by atoms with Crippen LogP contribution in [0.4, 0.5) is 0 Å². The predicted octanol–water partition coefficient (Wildman–Crippen LogP) is -0.719. The summed E-state index contributed by atoms with van der Waals surface area (Å²) >= 11 is 0. The highest BCUT2D eigenvalue weighted by atomic mass is 16.5. The minimum atomic E-state index is -0.456. The Kier molecular flexibility index (Phi) is 7.57. The maximum Gasteiger partial charge on any atom is 0.325 e. The Morgan fingerprint density at radius 1 is 1.20 bits per heavy atom. The summed E-state index contributed by atoms with van der Waals surface area (Å²) in [5.41, 5.74) is 0. The van der Waals surface area contributed by atoms with E-state index < -0.39 is 5.97 Å². The lowest BCUT2D eigenvalue weighted by Gasteiger charge is -2.15. The minimum absolute atomic E-state index is 0.0587. The van der Waals surface area contributed by atoms with Gasteiger partial charge in [0.25, 0.3) is 0 Å². The number of hydrogen-bond acceptors (Lipinski definition) is 5. The van der Waals surface area contributed by atoms with E-state index in [1.807, 2.05) is 0 Å². The average Bonchev–Trinajstić information content (AvgIpc) is 2.23. The van der Waals surface area contributed by atoms with Crippen molar-refractivity contribution in [2.45, 2.75) is 0 Å². The van der Waals surface area contributed by atoms with Gasteiger partial charge in [-0.05, 0) is 0 Å². The molecule has 0 aromatic rings. The van der Waals surface area contributed by atoms with E-state index in [0.717, 1.165) is 0 Å². The molecular weight excluding hydrogens is 202 g/mol. The molecule has 0 bridgehead atoms. The van der Waals surface area contributed by atoms with E-state index in [1.165, 1.54) is 19.1 Å². The summed E-state index contributed by atoms with van der Waals surface area (Å²) < 4.78 is 14.2. The Morgan fingerprint density at radius 3 is 2.40 bits per heavy atom. The summed E-state index contributed by atoms with van der Waals surface area (Å²) in [6.07, 6.45) is 0. The summed E-state index contributed by atoms with van der Waals surface area (Å²) in [6, 6.07) is 0. The normalized spacial score (nSPS) is 9.80. The smallest absolute Gasteiger partial charge is 0.325 e. The molecule has 0 atom stereocenters. The lowest BCUT2D eigenvalue weighted by atomic mass is 10.5. The molecule has 0 aliphatic rings. The van der Waals surface area contributed by atoms with Crippen LogP contribution in [0.1, 0.15) is 0 Å². The van der Waals surface area contributed by atoms with Crippen LogP contribution in [0.25, 0.3) is 0 Å². The first kappa shape index (κ1) is 13.9. The van der Waals surface area contributed by atoms with E-state index >= 15 is 0 Å². The third-order valence-electron chi connectivity index (χ3n) is 1.68. The molecule has 0 N–H and O–H groups in total. The van der Waals surface area contributed by atoms with Crippen molar-refractivity contribution >= 4 is 11.9 Å². The predicted molar refractivity (Wildman–Crippen MR) is 52.3 cm³/mol. The third kappa shape index (κ3) is 6.87. The molecule has 0 saturated carbocycles. The molecule has 0 saturated heterocycles. The van der Waals surface area contributed by atoms with Crippen LogP contribution < -0.4 is 0 Å². The van der Waals surface area contributed by atoms with Crippen LogP contribution in [0.5, 0.6) is 0 Å². The number of ether oxygens (including phenoxy) is 3. The standard InChI is InChI=1S/C9H17NO5/c1-10(6-9(12)14-3)8(11)7-15-5-4-13-2/h4-7H2,1-3H3. The van der Waals surface area contributed by atoms with E-state index in [-0.39, 0.29) is 19.1 Å². The van der Waals surface area contributed by atoms with Crippen LogP contribution in [0.2, 0.25) is 0 Å². The van der Waals surface area contributed by atoms with Crippen LogP contribution in [0.15, 0.2) is 0 Å². The fourth-order valence-corrected chi connectivity index (χ4v) is 0.758. The van der Waals surface area contributed by atoms with Gasteiger partial charge in [0.05, 0.1) is 20.3 Å². The zero-order valence-corrected chi connectivity index (χ0v) is 9.32. The Labute approximate surface area is 89.1 Å². The van der Waals surface area contributed by atoms with Gasteiger partial charge in [0.2, 0.25) is 5.91 Å². The third-order valence-corrected chi connectivity index (χ3v) is 1.68. The Balaban J connectivity index is 3.64. The summed E-state index contributed by atoms with van der Waals surface area (Å²) in [7, 11) is 4.34. The second-order valence-corrected chi connectivity index (χ2v) is 2.87. The van der Waals surface area contributed by atoms with Crippen molar-refractivity contribution in [1.82, 2.24) is 4.90 Å². The van der Waals surface area contributed by atoms with Gasteiger partial charge in [-0.2, -0.15) is 0 Å². The van der Waals surface area contributed by atoms with E-state index in [2.05, 4.69) is 4.74 Å². The van der Waals surface area contributed by atoms with Crippen molar-refractivity contribution in [3.63, 3.8) is 0 Å². The van der Waals surface area contributed by atoms with Gasteiger partial charge in [-0.3, -0.25) is 9.59 Å². The maximum absolute atomic E-state index is 11.3. The SMILES string of the molecule is COCCOCC(=O)N(C)CC(=O)OC. The molecule has 6 nitrogen and oxygen atoms in total. The molecule has 0 unspecified atom stereocenters. The molecule has 0 radical (unpaired) electrons. The quantitative estimate of drug-likeness (QED) is 0.417. The summed E-state index contributed by atoms with van der Waals surface area (Å²) in [4.78, 5) is 23.4.